The fourth-order valence-corrected chi connectivity index (χ4v) is 1.00. The molecule has 18 heavy (non-hydrogen) atoms. The molecule has 0 aliphatic carbocycles. The van der Waals surface area contributed by atoms with E-state index in [1.807, 2.05) is 40.1 Å². The fourth-order valence-electron chi connectivity index (χ4n) is 1.00. The largest absolute Gasteiger partial charge is 0.390 e. The van der Waals surface area contributed by atoms with Crippen molar-refractivity contribution in [2.45, 2.75) is 60.0 Å². The average Bonchev–Trinajstić information content (AvgIpc) is 2.27. The van der Waals surface area contributed by atoms with Crippen LogP contribution in [-0.2, 0) is 6.42 Å². The van der Waals surface area contributed by atoms with E-state index >= 15 is 0 Å². The third-order valence-electron chi connectivity index (χ3n) is 3.17. The minimum absolute atomic E-state index is 0.354. The van der Waals surface area contributed by atoms with Crippen LogP contribution in [0.15, 0.2) is 24.5 Å². The Morgan fingerprint density at radius 2 is 1.56 bits per heavy atom. The summed E-state index contributed by atoms with van der Waals surface area (Å²) < 4.78 is 0. The van der Waals surface area contributed by atoms with Gasteiger partial charge in [0, 0.05) is 12.4 Å². The van der Waals surface area contributed by atoms with Crippen molar-refractivity contribution in [3.63, 3.8) is 0 Å². The lowest BCUT2D eigenvalue weighted by atomic mass is 9.95. The maximum atomic E-state index is 9.09. The van der Waals surface area contributed by atoms with Crippen molar-refractivity contribution in [2.75, 3.05) is 0 Å². The molecular formula is C16H29NO. The van der Waals surface area contributed by atoms with Gasteiger partial charge in [0.2, 0.25) is 0 Å². The lowest BCUT2D eigenvalue weighted by Crippen LogP contribution is -2.25. The molecule has 1 rings (SSSR count). The highest BCUT2D eigenvalue weighted by molar-refractivity contribution is 5.09. The van der Waals surface area contributed by atoms with Gasteiger partial charge in [0.05, 0.1) is 5.60 Å². The molecular weight excluding hydrogens is 222 g/mol. The highest BCUT2D eigenvalue weighted by Gasteiger charge is 2.16. The predicted molar refractivity (Wildman–Crippen MR) is 78.5 cm³/mol. The number of nitrogens with zero attached hydrogens (tertiary/aromatic N) is 1. The Bertz CT molecular complexity index is 299. The molecule has 1 heterocycles. The Labute approximate surface area is 112 Å². The van der Waals surface area contributed by atoms with Gasteiger partial charge in [0.25, 0.3) is 0 Å². The van der Waals surface area contributed by atoms with E-state index in [0.717, 1.165) is 5.92 Å². The van der Waals surface area contributed by atoms with E-state index in [1.54, 1.807) is 0 Å². The molecule has 2 nitrogen and oxygen atoms in total. The molecule has 0 aliphatic heterocycles. The van der Waals surface area contributed by atoms with Gasteiger partial charge in [-0.05, 0) is 56.2 Å². The number of rotatable bonds is 4. The normalized spacial score (nSPS) is 11.4. The van der Waals surface area contributed by atoms with Gasteiger partial charge in [-0.15, -0.1) is 0 Å². The molecule has 0 amide bonds. The standard InChI is InChI=1S/C10H15N.C6H14O/c1-9(2)3-4-10-5-7-11-8-6-10;1-5(2)6(3,4)7/h5-9H,3-4H2,1-2H3;5,7H,1-4H3. The van der Waals surface area contributed by atoms with Gasteiger partial charge in [-0.2, -0.15) is 0 Å². The van der Waals surface area contributed by atoms with E-state index in [0.29, 0.717) is 5.92 Å². The summed E-state index contributed by atoms with van der Waals surface area (Å²) >= 11 is 0. The molecule has 0 saturated carbocycles. The van der Waals surface area contributed by atoms with Crippen LogP contribution in [0.1, 0.15) is 53.5 Å². The number of hydrogen-bond acceptors (Lipinski definition) is 2. The van der Waals surface area contributed by atoms with Crippen molar-refractivity contribution in [1.29, 1.82) is 0 Å². The number of aromatic nitrogens is 1. The highest BCUT2D eigenvalue weighted by atomic mass is 16.3. The van der Waals surface area contributed by atoms with Gasteiger partial charge >= 0.3 is 0 Å². The molecule has 1 aromatic rings. The average molecular weight is 251 g/mol. The van der Waals surface area contributed by atoms with Crippen LogP contribution in [0.25, 0.3) is 0 Å². The van der Waals surface area contributed by atoms with Crippen LogP contribution in [0.3, 0.4) is 0 Å². The van der Waals surface area contributed by atoms with Crippen molar-refractivity contribution in [2.24, 2.45) is 11.8 Å². The summed E-state index contributed by atoms with van der Waals surface area (Å²) in [5.74, 6) is 1.15. The smallest absolute Gasteiger partial charge is 0.0614 e. The SMILES string of the molecule is CC(C)C(C)(C)O.CC(C)CCc1ccncc1. The summed E-state index contributed by atoms with van der Waals surface area (Å²) in [6, 6.07) is 4.17. The van der Waals surface area contributed by atoms with Gasteiger partial charge in [-0.3, -0.25) is 4.98 Å². The first-order valence-corrected chi connectivity index (χ1v) is 6.84. The molecule has 0 radical (unpaired) electrons. The molecule has 0 unspecified atom stereocenters. The topological polar surface area (TPSA) is 33.1 Å². The Morgan fingerprint density at radius 1 is 1.11 bits per heavy atom. The number of aryl methyl sites for hydroxylation is 1. The van der Waals surface area contributed by atoms with E-state index in [9.17, 15) is 0 Å². The predicted octanol–water partition coefficient (Wildman–Crippen LogP) is 4.08. The van der Waals surface area contributed by atoms with Crippen LogP contribution >= 0.6 is 0 Å². The van der Waals surface area contributed by atoms with E-state index in [1.165, 1.54) is 18.4 Å². The second-order valence-electron chi connectivity index (χ2n) is 6.10. The van der Waals surface area contributed by atoms with Crippen LogP contribution in [0.5, 0.6) is 0 Å². The second kappa shape index (κ2) is 8.25. The molecule has 0 aliphatic rings. The van der Waals surface area contributed by atoms with Crippen molar-refractivity contribution in [3.8, 4) is 0 Å². The number of pyridine rings is 1. The van der Waals surface area contributed by atoms with Crippen LogP contribution < -0.4 is 0 Å². The van der Waals surface area contributed by atoms with Crippen LogP contribution in [0.2, 0.25) is 0 Å². The monoisotopic (exact) mass is 251 g/mol. The summed E-state index contributed by atoms with van der Waals surface area (Å²) in [7, 11) is 0. The van der Waals surface area contributed by atoms with E-state index in [4.69, 9.17) is 5.11 Å². The molecule has 0 bridgehead atoms. The molecule has 0 aromatic carbocycles. The Hall–Kier alpha value is -0.890. The molecule has 1 aromatic heterocycles. The Balaban J connectivity index is 0.000000360. The van der Waals surface area contributed by atoms with Gasteiger partial charge in [-0.1, -0.05) is 27.7 Å². The fraction of sp³-hybridized carbons (Fsp3) is 0.688. The number of hydrogen-bond donors (Lipinski definition) is 1. The summed E-state index contributed by atoms with van der Waals surface area (Å²) in [6.45, 7) is 12.1. The summed E-state index contributed by atoms with van der Waals surface area (Å²) in [5, 5.41) is 9.09. The molecule has 104 valence electrons. The lowest BCUT2D eigenvalue weighted by Gasteiger charge is -2.21. The zero-order chi connectivity index (χ0) is 14.2. The molecule has 0 spiro atoms. The molecule has 0 fully saturated rings. The van der Waals surface area contributed by atoms with Gasteiger partial charge in [0.15, 0.2) is 0 Å². The third-order valence-corrected chi connectivity index (χ3v) is 3.17. The summed E-state index contributed by atoms with van der Waals surface area (Å²) in [5.41, 5.74) is 0.897. The summed E-state index contributed by atoms with van der Waals surface area (Å²) in [6.07, 6.45) is 6.16. The quantitative estimate of drug-likeness (QED) is 0.874. The first kappa shape index (κ1) is 17.1. The van der Waals surface area contributed by atoms with Gasteiger partial charge < -0.3 is 5.11 Å². The highest BCUT2D eigenvalue weighted by Crippen LogP contribution is 2.13. The Morgan fingerprint density at radius 3 is 1.89 bits per heavy atom. The van der Waals surface area contributed by atoms with E-state index in [2.05, 4.69) is 31.0 Å². The zero-order valence-corrected chi connectivity index (χ0v) is 12.8. The van der Waals surface area contributed by atoms with Crippen molar-refractivity contribution in [3.05, 3.63) is 30.1 Å². The maximum absolute atomic E-state index is 9.09. The first-order valence-electron chi connectivity index (χ1n) is 6.84. The summed E-state index contributed by atoms with van der Waals surface area (Å²) in [4.78, 5) is 3.97. The lowest BCUT2D eigenvalue weighted by molar-refractivity contribution is 0.0327. The van der Waals surface area contributed by atoms with Crippen LogP contribution in [0, 0.1) is 11.8 Å². The Kier molecular flexibility index (Phi) is 7.85. The minimum atomic E-state index is -0.500. The van der Waals surface area contributed by atoms with Crippen LogP contribution in [0.4, 0.5) is 0 Å². The minimum Gasteiger partial charge on any atom is -0.390 e. The van der Waals surface area contributed by atoms with Crippen molar-refractivity contribution < 1.29 is 5.11 Å². The van der Waals surface area contributed by atoms with E-state index < -0.39 is 5.60 Å². The molecule has 1 N–H and O–H groups in total. The van der Waals surface area contributed by atoms with Crippen molar-refractivity contribution in [1.82, 2.24) is 4.98 Å². The van der Waals surface area contributed by atoms with Gasteiger partial charge in [0.1, 0.15) is 0 Å². The first-order chi connectivity index (χ1) is 8.23. The van der Waals surface area contributed by atoms with Crippen molar-refractivity contribution >= 4 is 0 Å². The zero-order valence-electron chi connectivity index (χ0n) is 12.8. The number of aliphatic hydroxyl groups is 1. The second-order valence-corrected chi connectivity index (χ2v) is 6.10. The van der Waals surface area contributed by atoms with Crippen LogP contribution in [-0.4, -0.2) is 15.7 Å². The molecule has 0 atom stereocenters. The van der Waals surface area contributed by atoms with E-state index in [-0.39, 0.29) is 0 Å². The molecule has 2 heteroatoms. The maximum Gasteiger partial charge on any atom is 0.0614 e. The van der Waals surface area contributed by atoms with Gasteiger partial charge in [-0.25, -0.2) is 0 Å². The third kappa shape index (κ3) is 9.17. The molecule has 0 saturated heterocycles.